The Labute approximate surface area is 113 Å². The lowest BCUT2D eigenvalue weighted by molar-refractivity contribution is 0.104. The first-order valence-corrected chi connectivity index (χ1v) is 6.10. The van der Waals surface area contributed by atoms with Gasteiger partial charge in [0.15, 0.2) is 5.78 Å². The molecule has 1 nitrogen and oxygen atoms in total. The lowest BCUT2D eigenvalue weighted by Crippen LogP contribution is -1.93. The molecule has 0 spiro atoms. The topological polar surface area (TPSA) is 17.1 Å². The summed E-state index contributed by atoms with van der Waals surface area (Å²) in [4.78, 5) is 11.8. The van der Waals surface area contributed by atoms with Crippen molar-refractivity contribution in [2.24, 2.45) is 0 Å². The van der Waals surface area contributed by atoms with E-state index in [9.17, 15) is 4.79 Å². The van der Waals surface area contributed by atoms with Crippen LogP contribution in [0, 0.1) is 18.8 Å². The van der Waals surface area contributed by atoms with E-state index in [0.29, 0.717) is 5.56 Å². The highest BCUT2D eigenvalue weighted by Gasteiger charge is 1.99. The van der Waals surface area contributed by atoms with E-state index < -0.39 is 0 Å². The van der Waals surface area contributed by atoms with Crippen LogP contribution >= 0.6 is 0 Å². The maximum Gasteiger partial charge on any atom is 0.186 e. The molecule has 2 aromatic carbocycles. The summed E-state index contributed by atoms with van der Waals surface area (Å²) < 4.78 is 0. The van der Waals surface area contributed by atoms with Crippen molar-refractivity contribution in [3.05, 3.63) is 83.4 Å². The zero-order chi connectivity index (χ0) is 13.5. The summed E-state index contributed by atoms with van der Waals surface area (Å²) in [5.41, 5.74) is 2.77. The first kappa shape index (κ1) is 12.9. The highest BCUT2D eigenvalue weighted by Crippen LogP contribution is 2.04. The number of carbonyl (C=O) groups excluding carboxylic acids is 1. The van der Waals surface area contributed by atoms with Crippen LogP contribution in [-0.4, -0.2) is 5.78 Å². The molecule has 0 heterocycles. The zero-order valence-electron chi connectivity index (χ0n) is 10.8. The number of rotatable bonds is 2. The normalized spacial score (nSPS) is 9.95. The molecule has 0 amide bonds. The van der Waals surface area contributed by atoms with E-state index in [1.807, 2.05) is 61.5 Å². The number of allylic oxidation sites excluding steroid dienone is 2. The first-order valence-electron chi connectivity index (χ1n) is 6.10. The zero-order valence-corrected chi connectivity index (χ0v) is 10.8. The second kappa shape index (κ2) is 6.37. The third-order valence-electron chi connectivity index (χ3n) is 2.64. The van der Waals surface area contributed by atoms with Gasteiger partial charge >= 0.3 is 0 Å². The van der Waals surface area contributed by atoms with Gasteiger partial charge in [-0.25, -0.2) is 0 Å². The molecule has 0 bridgehead atoms. The SMILES string of the molecule is Cc1ccc(C(=O)/C=C/C#Cc2ccccc2)cc1. The number of hydrogen-bond acceptors (Lipinski definition) is 1. The Bertz CT molecular complexity index is 638. The van der Waals surface area contributed by atoms with Crippen molar-refractivity contribution < 1.29 is 4.79 Å². The van der Waals surface area contributed by atoms with E-state index in [1.54, 1.807) is 6.08 Å². The molecule has 0 unspecified atom stereocenters. The van der Waals surface area contributed by atoms with Crippen LogP contribution in [0.25, 0.3) is 0 Å². The van der Waals surface area contributed by atoms with Crippen molar-refractivity contribution in [3.8, 4) is 11.8 Å². The molecule has 92 valence electrons. The minimum Gasteiger partial charge on any atom is -0.289 e. The molecule has 0 saturated carbocycles. The monoisotopic (exact) mass is 246 g/mol. The number of benzene rings is 2. The second-order valence-electron chi connectivity index (χ2n) is 4.20. The van der Waals surface area contributed by atoms with E-state index >= 15 is 0 Å². The molecule has 0 fully saturated rings. The van der Waals surface area contributed by atoms with Crippen molar-refractivity contribution in [1.82, 2.24) is 0 Å². The molecule has 0 radical (unpaired) electrons. The molecule has 0 aliphatic carbocycles. The predicted octanol–water partition coefficient (Wildman–Crippen LogP) is 3.79. The van der Waals surface area contributed by atoms with Gasteiger partial charge in [0.05, 0.1) is 0 Å². The van der Waals surface area contributed by atoms with E-state index in [2.05, 4.69) is 11.8 Å². The fourth-order valence-corrected chi connectivity index (χ4v) is 1.58. The third kappa shape index (κ3) is 3.97. The van der Waals surface area contributed by atoms with E-state index in [0.717, 1.165) is 11.1 Å². The van der Waals surface area contributed by atoms with Gasteiger partial charge in [-0.1, -0.05) is 59.9 Å². The summed E-state index contributed by atoms with van der Waals surface area (Å²) in [6, 6.07) is 17.2. The Morgan fingerprint density at radius 1 is 1.00 bits per heavy atom. The average Bonchev–Trinajstić information content (AvgIpc) is 2.45. The highest BCUT2D eigenvalue weighted by atomic mass is 16.1. The van der Waals surface area contributed by atoms with Gasteiger partial charge in [0, 0.05) is 11.1 Å². The van der Waals surface area contributed by atoms with E-state index in [1.165, 1.54) is 6.08 Å². The first-order chi connectivity index (χ1) is 9.25. The summed E-state index contributed by atoms with van der Waals surface area (Å²) in [6.07, 6.45) is 3.09. The fourth-order valence-electron chi connectivity index (χ4n) is 1.58. The molecular formula is C18H14O. The second-order valence-corrected chi connectivity index (χ2v) is 4.20. The summed E-state index contributed by atoms with van der Waals surface area (Å²) in [7, 11) is 0. The number of aryl methyl sites for hydroxylation is 1. The standard InChI is InChI=1S/C18H14O/c1-15-11-13-17(14-12-15)18(19)10-6-5-9-16-7-3-2-4-8-16/h2-4,6-8,10-14H,1H3/b10-6+. The van der Waals surface area contributed by atoms with Crippen LogP contribution in [0.3, 0.4) is 0 Å². The van der Waals surface area contributed by atoms with Gasteiger partial charge < -0.3 is 0 Å². The van der Waals surface area contributed by atoms with Crippen molar-refractivity contribution in [2.45, 2.75) is 6.92 Å². The smallest absolute Gasteiger partial charge is 0.186 e. The Morgan fingerprint density at radius 2 is 1.68 bits per heavy atom. The molecule has 0 aliphatic rings. The molecule has 1 heteroatoms. The van der Waals surface area contributed by atoms with Crippen LogP contribution in [0.4, 0.5) is 0 Å². The third-order valence-corrected chi connectivity index (χ3v) is 2.64. The van der Waals surface area contributed by atoms with Crippen LogP contribution < -0.4 is 0 Å². The lowest BCUT2D eigenvalue weighted by Gasteiger charge is -1.95. The van der Waals surface area contributed by atoms with Crippen LogP contribution in [0.15, 0.2) is 66.7 Å². The van der Waals surface area contributed by atoms with Gasteiger partial charge in [-0.3, -0.25) is 4.79 Å². The Morgan fingerprint density at radius 3 is 2.37 bits per heavy atom. The van der Waals surface area contributed by atoms with Crippen molar-refractivity contribution in [1.29, 1.82) is 0 Å². The van der Waals surface area contributed by atoms with Gasteiger partial charge in [-0.15, -0.1) is 0 Å². The van der Waals surface area contributed by atoms with Crippen LogP contribution in [0.5, 0.6) is 0 Å². The largest absolute Gasteiger partial charge is 0.289 e. The van der Waals surface area contributed by atoms with E-state index in [-0.39, 0.29) is 5.78 Å². The van der Waals surface area contributed by atoms with Crippen molar-refractivity contribution >= 4 is 5.78 Å². The van der Waals surface area contributed by atoms with E-state index in [4.69, 9.17) is 0 Å². The summed E-state index contributed by atoms with van der Waals surface area (Å²) in [6.45, 7) is 2.00. The molecule has 0 atom stereocenters. The summed E-state index contributed by atoms with van der Waals surface area (Å²) in [5.74, 6) is 5.81. The molecule has 0 aromatic heterocycles. The minimum atomic E-state index is -0.0256. The summed E-state index contributed by atoms with van der Waals surface area (Å²) >= 11 is 0. The quantitative estimate of drug-likeness (QED) is 0.447. The van der Waals surface area contributed by atoms with Crippen molar-refractivity contribution in [2.75, 3.05) is 0 Å². The number of hydrogen-bond donors (Lipinski definition) is 0. The molecule has 19 heavy (non-hydrogen) atoms. The van der Waals surface area contributed by atoms with Gasteiger partial charge in [-0.05, 0) is 31.2 Å². The highest BCUT2D eigenvalue weighted by molar-refractivity contribution is 6.04. The maximum atomic E-state index is 11.8. The fraction of sp³-hybridized carbons (Fsp3) is 0.0556. The Kier molecular flexibility index (Phi) is 4.31. The van der Waals surface area contributed by atoms with Crippen LogP contribution in [0.1, 0.15) is 21.5 Å². The Hall–Kier alpha value is -2.59. The lowest BCUT2D eigenvalue weighted by atomic mass is 10.1. The summed E-state index contributed by atoms with van der Waals surface area (Å²) in [5, 5.41) is 0. The van der Waals surface area contributed by atoms with Gasteiger partial charge in [0.25, 0.3) is 0 Å². The molecular weight excluding hydrogens is 232 g/mol. The predicted molar refractivity (Wildman–Crippen MR) is 78.0 cm³/mol. The molecule has 2 aromatic rings. The van der Waals surface area contributed by atoms with Gasteiger partial charge in [-0.2, -0.15) is 0 Å². The van der Waals surface area contributed by atoms with Crippen LogP contribution in [-0.2, 0) is 0 Å². The number of carbonyl (C=O) groups is 1. The Balaban J connectivity index is 2.02. The molecule has 0 saturated heterocycles. The number of ketones is 1. The van der Waals surface area contributed by atoms with Crippen LogP contribution in [0.2, 0.25) is 0 Å². The maximum absolute atomic E-state index is 11.8. The molecule has 0 aliphatic heterocycles. The molecule has 0 N–H and O–H groups in total. The molecule has 2 rings (SSSR count). The van der Waals surface area contributed by atoms with Gasteiger partial charge in [0.1, 0.15) is 0 Å². The van der Waals surface area contributed by atoms with Gasteiger partial charge in [0.2, 0.25) is 0 Å². The van der Waals surface area contributed by atoms with Crippen molar-refractivity contribution in [3.63, 3.8) is 0 Å². The minimum absolute atomic E-state index is 0.0256. The average molecular weight is 246 g/mol.